The zero-order valence-corrected chi connectivity index (χ0v) is 7.54. The molecule has 0 radical (unpaired) electrons. The van der Waals surface area contributed by atoms with Crippen LogP contribution in [0, 0.1) is 11.3 Å². The number of aliphatic hydroxyl groups is 1. The van der Waals surface area contributed by atoms with Crippen molar-refractivity contribution in [2.24, 2.45) is 11.3 Å². The summed E-state index contributed by atoms with van der Waals surface area (Å²) in [5.74, 6) is -4.25. The van der Waals surface area contributed by atoms with E-state index in [1.807, 2.05) is 0 Å². The Morgan fingerprint density at radius 2 is 1.86 bits per heavy atom. The fraction of sp³-hybridized carbons (Fsp3) is 0.889. The van der Waals surface area contributed by atoms with E-state index in [0.717, 1.165) is 0 Å². The summed E-state index contributed by atoms with van der Waals surface area (Å²) >= 11 is 0. The molecule has 0 saturated heterocycles. The lowest BCUT2D eigenvalue weighted by atomic mass is 9.68. The third kappa shape index (κ3) is 1.30. The minimum absolute atomic E-state index is 0.267. The van der Waals surface area contributed by atoms with E-state index < -0.39 is 23.4 Å². The Morgan fingerprint density at radius 3 is 2.14 bits per heavy atom. The average Bonchev–Trinajstić information content (AvgIpc) is 2.78. The van der Waals surface area contributed by atoms with E-state index in [1.165, 1.54) is 0 Å². The minimum Gasteiger partial charge on any atom is -0.479 e. The second kappa shape index (κ2) is 2.66. The first-order chi connectivity index (χ1) is 6.37. The van der Waals surface area contributed by atoms with Crippen LogP contribution in [-0.4, -0.2) is 28.2 Å². The van der Waals surface area contributed by atoms with E-state index in [-0.39, 0.29) is 18.8 Å². The number of carboxylic acid groups (broad SMARTS) is 1. The molecule has 2 N–H and O–H groups in total. The summed E-state index contributed by atoms with van der Waals surface area (Å²) in [5, 5.41) is 18.0. The van der Waals surface area contributed by atoms with Crippen molar-refractivity contribution in [3.63, 3.8) is 0 Å². The zero-order valence-electron chi connectivity index (χ0n) is 7.54. The molecule has 2 aliphatic rings. The van der Waals surface area contributed by atoms with E-state index in [9.17, 15) is 18.7 Å². The van der Waals surface area contributed by atoms with Gasteiger partial charge in [0.2, 0.25) is 5.92 Å². The van der Waals surface area contributed by atoms with E-state index in [2.05, 4.69) is 0 Å². The maximum atomic E-state index is 12.6. The second-order valence-electron chi connectivity index (χ2n) is 4.44. The summed E-state index contributed by atoms with van der Waals surface area (Å²) in [6, 6.07) is 0. The molecule has 5 heteroatoms. The van der Waals surface area contributed by atoms with Crippen LogP contribution in [0.4, 0.5) is 8.78 Å². The molecule has 1 atom stereocenters. The Kier molecular flexibility index (Phi) is 1.86. The van der Waals surface area contributed by atoms with Crippen LogP contribution in [0.5, 0.6) is 0 Å². The molecule has 0 spiro atoms. The van der Waals surface area contributed by atoms with Gasteiger partial charge in [-0.05, 0) is 18.8 Å². The van der Waals surface area contributed by atoms with E-state index in [4.69, 9.17) is 5.11 Å². The molecule has 0 heterocycles. The largest absolute Gasteiger partial charge is 0.479 e. The van der Waals surface area contributed by atoms with Crippen molar-refractivity contribution >= 4 is 5.97 Å². The van der Waals surface area contributed by atoms with Crippen molar-refractivity contribution in [3.8, 4) is 0 Å². The van der Waals surface area contributed by atoms with Gasteiger partial charge in [0.05, 0.1) is 0 Å². The second-order valence-corrected chi connectivity index (χ2v) is 4.44. The van der Waals surface area contributed by atoms with Crippen molar-refractivity contribution < 1.29 is 23.8 Å². The van der Waals surface area contributed by atoms with Gasteiger partial charge in [0.15, 0.2) is 6.10 Å². The Hall–Kier alpha value is -0.710. The molecule has 2 saturated carbocycles. The molecule has 0 aromatic heterocycles. The quantitative estimate of drug-likeness (QED) is 0.730. The maximum Gasteiger partial charge on any atom is 0.333 e. The standard InChI is InChI=1S/C9H12F2O3/c10-9(11)3-5(4-9)8(1-2-8)6(12)7(13)14/h5-6,12H,1-4H2,(H,13,14). The molecule has 2 fully saturated rings. The molecular formula is C9H12F2O3. The number of carboxylic acids is 1. The number of hydrogen-bond acceptors (Lipinski definition) is 2. The highest BCUT2D eigenvalue weighted by atomic mass is 19.3. The Bertz CT molecular complexity index is 265. The van der Waals surface area contributed by atoms with Crippen LogP contribution in [0.15, 0.2) is 0 Å². The number of alkyl halides is 2. The molecule has 0 amide bonds. The molecule has 0 aliphatic heterocycles. The first-order valence-corrected chi connectivity index (χ1v) is 4.66. The van der Waals surface area contributed by atoms with E-state index >= 15 is 0 Å². The van der Waals surface area contributed by atoms with E-state index in [0.29, 0.717) is 12.8 Å². The van der Waals surface area contributed by atoms with Gasteiger partial charge in [0.25, 0.3) is 0 Å². The first-order valence-electron chi connectivity index (χ1n) is 4.66. The molecule has 0 aromatic carbocycles. The lowest BCUT2D eigenvalue weighted by Gasteiger charge is -2.41. The molecule has 0 bridgehead atoms. The van der Waals surface area contributed by atoms with Crippen LogP contribution in [-0.2, 0) is 4.79 Å². The Labute approximate surface area is 79.7 Å². The van der Waals surface area contributed by atoms with Crippen LogP contribution in [0.1, 0.15) is 25.7 Å². The van der Waals surface area contributed by atoms with Gasteiger partial charge in [-0.1, -0.05) is 0 Å². The predicted octanol–water partition coefficient (Wildman–Crippen LogP) is 1.26. The normalized spacial score (nSPS) is 30.5. The number of aliphatic hydroxyl groups excluding tert-OH is 1. The zero-order chi connectivity index (χ0) is 10.6. The SMILES string of the molecule is O=C(O)C(O)C1(C2CC(F)(F)C2)CC1. The van der Waals surface area contributed by atoms with Gasteiger partial charge in [-0.2, -0.15) is 0 Å². The average molecular weight is 206 g/mol. The smallest absolute Gasteiger partial charge is 0.333 e. The van der Waals surface area contributed by atoms with Crippen molar-refractivity contribution in [3.05, 3.63) is 0 Å². The van der Waals surface area contributed by atoms with Gasteiger partial charge in [-0.25, -0.2) is 13.6 Å². The highest BCUT2D eigenvalue weighted by Gasteiger charge is 2.64. The summed E-state index contributed by atoms with van der Waals surface area (Å²) in [5.41, 5.74) is -0.743. The van der Waals surface area contributed by atoms with Crippen molar-refractivity contribution in [1.29, 1.82) is 0 Å². The van der Waals surface area contributed by atoms with Gasteiger partial charge in [0, 0.05) is 18.3 Å². The number of rotatable bonds is 3. The highest BCUT2D eigenvalue weighted by molar-refractivity contribution is 5.74. The van der Waals surface area contributed by atoms with Gasteiger partial charge in [-0.15, -0.1) is 0 Å². The number of aliphatic carboxylic acids is 1. The van der Waals surface area contributed by atoms with Gasteiger partial charge < -0.3 is 10.2 Å². The molecule has 0 aromatic rings. The molecule has 2 rings (SSSR count). The van der Waals surface area contributed by atoms with Gasteiger partial charge in [-0.3, -0.25) is 0 Å². The van der Waals surface area contributed by atoms with Crippen LogP contribution in [0.25, 0.3) is 0 Å². The van der Waals surface area contributed by atoms with Crippen molar-refractivity contribution in [1.82, 2.24) is 0 Å². The number of carbonyl (C=O) groups is 1. The minimum atomic E-state index is -2.64. The monoisotopic (exact) mass is 206 g/mol. The fourth-order valence-corrected chi connectivity index (χ4v) is 2.36. The van der Waals surface area contributed by atoms with Crippen LogP contribution < -0.4 is 0 Å². The summed E-state index contributed by atoms with van der Waals surface area (Å²) < 4.78 is 25.2. The Balaban J connectivity index is 2.01. The lowest BCUT2D eigenvalue weighted by Crippen LogP contribution is -2.46. The molecule has 14 heavy (non-hydrogen) atoms. The van der Waals surface area contributed by atoms with Crippen LogP contribution >= 0.6 is 0 Å². The summed E-state index contributed by atoms with van der Waals surface area (Å²) in [6.45, 7) is 0. The summed E-state index contributed by atoms with van der Waals surface area (Å²) in [6.07, 6.45) is -0.888. The Morgan fingerprint density at radius 1 is 1.36 bits per heavy atom. The number of hydrogen-bond donors (Lipinski definition) is 2. The summed E-state index contributed by atoms with van der Waals surface area (Å²) in [4.78, 5) is 10.6. The summed E-state index contributed by atoms with van der Waals surface area (Å²) in [7, 11) is 0. The topological polar surface area (TPSA) is 57.5 Å². The highest BCUT2D eigenvalue weighted by Crippen LogP contribution is 2.64. The van der Waals surface area contributed by atoms with Crippen molar-refractivity contribution in [2.75, 3.05) is 0 Å². The molecule has 80 valence electrons. The maximum absolute atomic E-state index is 12.6. The van der Waals surface area contributed by atoms with Crippen LogP contribution in [0.2, 0.25) is 0 Å². The fourth-order valence-electron chi connectivity index (χ4n) is 2.36. The van der Waals surface area contributed by atoms with Gasteiger partial charge in [0.1, 0.15) is 0 Å². The lowest BCUT2D eigenvalue weighted by molar-refractivity contribution is -0.168. The number of halogens is 2. The van der Waals surface area contributed by atoms with Crippen LogP contribution in [0.3, 0.4) is 0 Å². The third-order valence-electron chi connectivity index (χ3n) is 3.51. The molecular weight excluding hydrogens is 194 g/mol. The molecule has 3 nitrogen and oxygen atoms in total. The van der Waals surface area contributed by atoms with Crippen molar-refractivity contribution in [2.45, 2.75) is 37.7 Å². The van der Waals surface area contributed by atoms with Gasteiger partial charge >= 0.3 is 5.97 Å². The first kappa shape index (κ1) is 9.83. The third-order valence-corrected chi connectivity index (χ3v) is 3.51. The predicted molar refractivity (Wildman–Crippen MR) is 43.0 cm³/mol. The molecule has 1 unspecified atom stereocenters. The molecule has 2 aliphatic carbocycles. The van der Waals surface area contributed by atoms with E-state index in [1.54, 1.807) is 0 Å².